The summed E-state index contributed by atoms with van der Waals surface area (Å²) in [5.74, 6) is 0.829. The first-order chi connectivity index (χ1) is 18.7. The Labute approximate surface area is 234 Å². The average molecular weight is 565 g/mol. The molecule has 39 heavy (non-hydrogen) atoms. The topological polar surface area (TPSA) is 84.9 Å². The number of halogens is 1. The lowest BCUT2D eigenvalue weighted by Crippen LogP contribution is -2.30. The molecule has 4 rings (SSSR count). The highest BCUT2D eigenvalue weighted by Gasteiger charge is 2.25. The normalized spacial score (nSPS) is 11.1. The van der Waals surface area contributed by atoms with Gasteiger partial charge in [-0.05, 0) is 92.2 Å². The molecule has 0 unspecified atom stereocenters. The molecule has 0 saturated carbocycles. The lowest BCUT2D eigenvalue weighted by molar-refractivity contribution is -0.118. The van der Waals surface area contributed by atoms with Crippen molar-refractivity contribution in [3.8, 4) is 11.5 Å². The standard InChI is InChI=1S/C30H29ClN2O5S/c1-3-37-27-14-10-25(11-15-27)32-30(34)21-38-28-16-12-26(13-17-28)33(20-23-6-8-24(31)9-7-23)39(35,36)29-18-4-22(2)5-19-29/h4-19H,3,20-21H2,1-2H3,(H,32,34). The minimum Gasteiger partial charge on any atom is -0.494 e. The summed E-state index contributed by atoms with van der Waals surface area (Å²) in [5, 5.41) is 3.34. The van der Waals surface area contributed by atoms with Crippen LogP contribution in [0.25, 0.3) is 0 Å². The quantitative estimate of drug-likeness (QED) is 0.226. The van der Waals surface area contributed by atoms with Gasteiger partial charge in [-0.25, -0.2) is 8.42 Å². The fourth-order valence-corrected chi connectivity index (χ4v) is 5.34. The van der Waals surface area contributed by atoms with Gasteiger partial charge in [-0.15, -0.1) is 0 Å². The van der Waals surface area contributed by atoms with Crippen molar-refractivity contribution in [3.63, 3.8) is 0 Å². The van der Waals surface area contributed by atoms with Gasteiger partial charge in [0.2, 0.25) is 0 Å². The molecule has 4 aromatic carbocycles. The number of aryl methyl sites for hydroxylation is 1. The summed E-state index contributed by atoms with van der Waals surface area (Å²) in [5.41, 5.74) is 2.82. The zero-order chi connectivity index (χ0) is 27.8. The maximum atomic E-state index is 13.7. The molecular weight excluding hydrogens is 536 g/mol. The lowest BCUT2D eigenvalue weighted by atomic mass is 10.2. The molecule has 0 aliphatic heterocycles. The van der Waals surface area contributed by atoms with E-state index >= 15 is 0 Å². The SMILES string of the molecule is CCOc1ccc(NC(=O)COc2ccc(N(Cc3ccc(Cl)cc3)S(=O)(=O)c3ccc(C)cc3)cc2)cc1. The molecule has 0 saturated heterocycles. The number of nitrogens with one attached hydrogen (secondary N) is 1. The Morgan fingerprint density at radius 1 is 0.821 bits per heavy atom. The molecule has 0 radical (unpaired) electrons. The van der Waals surface area contributed by atoms with Crippen molar-refractivity contribution in [1.29, 1.82) is 0 Å². The third-order valence-electron chi connectivity index (χ3n) is 5.79. The average Bonchev–Trinajstić information content (AvgIpc) is 2.93. The summed E-state index contributed by atoms with van der Waals surface area (Å²) in [4.78, 5) is 12.5. The Kier molecular flexibility index (Phi) is 9.11. The van der Waals surface area contributed by atoms with Crippen molar-refractivity contribution in [1.82, 2.24) is 0 Å². The molecule has 0 bridgehead atoms. The third kappa shape index (κ3) is 7.52. The smallest absolute Gasteiger partial charge is 0.264 e. The minimum absolute atomic E-state index is 0.109. The van der Waals surface area contributed by atoms with E-state index in [0.29, 0.717) is 28.8 Å². The Morgan fingerprint density at radius 3 is 2.03 bits per heavy atom. The minimum atomic E-state index is -3.87. The highest BCUT2D eigenvalue weighted by Crippen LogP contribution is 2.28. The van der Waals surface area contributed by atoms with Crippen LogP contribution in [0.1, 0.15) is 18.1 Å². The van der Waals surface area contributed by atoms with Crippen molar-refractivity contribution in [3.05, 3.63) is 113 Å². The number of anilines is 2. The summed E-state index contributed by atoms with van der Waals surface area (Å²) in [6.07, 6.45) is 0. The Morgan fingerprint density at radius 2 is 1.41 bits per heavy atom. The molecule has 0 spiro atoms. The van der Waals surface area contributed by atoms with E-state index in [2.05, 4.69) is 5.32 Å². The van der Waals surface area contributed by atoms with E-state index in [1.165, 1.54) is 4.31 Å². The molecule has 7 nitrogen and oxygen atoms in total. The van der Waals surface area contributed by atoms with E-state index in [0.717, 1.165) is 16.9 Å². The van der Waals surface area contributed by atoms with Gasteiger partial charge in [0.15, 0.2) is 6.61 Å². The first-order valence-electron chi connectivity index (χ1n) is 12.3. The van der Waals surface area contributed by atoms with Crippen LogP contribution in [0.15, 0.2) is 102 Å². The van der Waals surface area contributed by atoms with E-state index < -0.39 is 10.0 Å². The van der Waals surface area contributed by atoms with Crippen molar-refractivity contribution in [2.75, 3.05) is 22.8 Å². The summed E-state index contributed by atoms with van der Waals surface area (Å²) >= 11 is 6.02. The fraction of sp³-hybridized carbons (Fsp3) is 0.167. The molecular formula is C30H29ClN2O5S. The molecule has 0 aliphatic carbocycles. The van der Waals surface area contributed by atoms with Gasteiger partial charge in [0, 0.05) is 10.7 Å². The predicted octanol–water partition coefficient (Wildman–Crippen LogP) is 6.46. The molecule has 4 aromatic rings. The predicted molar refractivity (Wildman–Crippen MR) is 154 cm³/mol. The molecule has 0 atom stereocenters. The number of hydrogen-bond acceptors (Lipinski definition) is 5. The van der Waals surface area contributed by atoms with Crippen LogP contribution in [-0.2, 0) is 21.4 Å². The van der Waals surface area contributed by atoms with Crippen LogP contribution >= 0.6 is 11.6 Å². The molecule has 0 fully saturated rings. The summed E-state index contributed by atoms with van der Waals surface area (Å²) in [6.45, 7) is 4.27. The van der Waals surface area contributed by atoms with Crippen LogP contribution in [0, 0.1) is 6.92 Å². The van der Waals surface area contributed by atoms with Crippen LogP contribution < -0.4 is 19.1 Å². The van der Waals surface area contributed by atoms with Gasteiger partial charge in [-0.3, -0.25) is 9.10 Å². The maximum Gasteiger partial charge on any atom is 0.264 e. The summed E-state index contributed by atoms with van der Waals surface area (Å²) in [7, 11) is -3.87. The third-order valence-corrected chi connectivity index (χ3v) is 7.83. The van der Waals surface area contributed by atoms with Crippen molar-refractivity contribution < 1.29 is 22.7 Å². The zero-order valence-corrected chi connectivity index (χ0v) is 23.2. The second-order valence-corrected chi connectivity index (χ2v) is 11.0. The van der Waals surface area contributed by atoms with E-state index in [1.54, 1.807) is 97.1 Å². The van der Waals surface area contributed by atoms with Gasteiger partial charge in [0.1, 0.15) is 11.5 Å². The molecule has 1 N–H and O–H groups in total. The summed E-state index contributed by atoms with van der Waals surface area (Å²) < 4.78 is 39.7. The number of ether oxygens (including phenoxy) is 2. The maximum absolute atomic E-state index is 13.7. The monoisotopic (exact) mass is 564 g/mol. The fourth-order valence-electron chi connectivity index (χ4n) is 3.76. The van der Waals surface area contributed by atoms with Gasteiger partial charge < -0.3 is 14.8 Å². The molecule has 0 aliphatic rings. The van der Waals surface area contributed by atoms with Crippen LogP contribution in [0.5, 0.6) is 11.5 Å². The highest BCUT2D eigenvalue weighted by atomic mass is 35.5. The zero-order valence-electron chi connectivity index (χ0n) is 21.6. The second-order valence-electron chi connectivity index (χ2n) is 8.74. The molecule has 9 heteroatoms. The number of amides is 1. The van der Waals surface area contributed by atoms with Gasteiger partial charge in [0.05, 0.1) is 23.7 Å². The number of carbonyl (C=O) groups is 1. The van der Waals surface area contributed by atoms with Crippen LogP contribution in [0.2, 0.25) is 5.02 Å². The molecule has 202 valence electrons. The first kappa shape index (κ1) is 28.0. The number of hydrogen-bond donors (Lipinski definition) is 1. The Hall–Kier alpha value is -4.01. The van der Waals surface area contributed by atoms with Gasteiger partial charge >= 0.3 is 0 Å². The van der Waals surface area contributed by atoms with Crippen LogP contribution in [-0.4, -0.2) is 27.5 Å². The molecule has 0 heterocycles. The van der Waals surface area contributed by atoms with Crippen molar-refractivity contribution in [2.45, 2.75) is 25.3 Å². The van der Waals surface area contributed by atoms with Gasteiger partial charge in [-0.1, -0.05) is 41.4 Å². The van der Waals surface area contributed by atoms with Crippen LogP contribution in [0.3, 0.4) is 0 Å². The van der Waals surface area contributed by atoms with Gasteiger partial charge in [-0.2, -0.15) is 0 Å². The van der Waals surface area contributed by atoms with Crippen molar-refractivity contribution in [2.24, 2.45) is 0 Å². The molecule has 1 amide bonds. The first-order valence-corrected chi connectivity index (χ1v) is 14.2. The van der Waals surface area contributed by atoms with Crippen molar-refractivity contribution >= 4 is 38.9 Å². The number of benzene rings is 4. The van der Waals surface area contributed by atoms with E-state index in [1.807, 2.05) is 13.8 Å². The summed E-state index contributed by atoms with van der Waals surface area (Å²) in [6, 6.07) is 27.4. The number of nitrogens with zero attached hydrogens (tertiary/aromatic N) is 1. The Balaban J connectivity index is 1.47. The van der Waals surface area contributed by atoms with Gasteiger partial charge in [0.25, 0.3) is 15.9 Å². The Bertz CT molecular complexity index is 1490. The number of rotatable bonds is 11. The number of sulfonamides is 1. The van der Waals surface area contributed by atoms with E-state index in [4.69, 9.17) is 21.1 Å². The highest BCUT2D eigenvalue weighted by molar-refractivity contribution is 7.92. The van der Waals surface area contributed by atoms with E-state index in [9.17, 15) is 13.2 Å². The van der Waals surface area contributed by atoms with E-state index in [-0.39, 0.29) is 24.0 Å². The largest absolute Gasteiger partial charge is 0.494 e. The number of carbonyl (C=O) groups excluding carboxylic acids is 1. The lowest BCUT2D eigenvalue weighted by Gasteiger charge is -2.25. The van der Waals surface area contributed by atoms with Crippen LogP contribution in [0.4, 0.5) is 11.4 Å². The second kappa shape index (κ2) is 12.7. The molecule has 0 aromatic heterocycles.